The lowest BCUT2D eigenvalue weighted by atomic mass is 9.84. The lowest BCUT2D eigenvalue weighted by molar-refractivity contribution is 0.280. The number of hydrogen-bond acceptors (Lipinski definition) is 2. The number of nitrogens with one attached hydrogen (secondary N) is 1. The molecule has 0 aromatic heterocycles. The van der Waals surface area contributed by atoms with Gasteiger partial charge in [0.1, 0.15) is 11.5 Å². The van der Waals surface area contributed by atoms with Crippen LogP contribution in [0.4, 0.5) is 0 Å². The molecule has 4 heteroatoms. The smallest absolute Gasteiger partial charge is 0.198 e. The summed E-state index contributed by atoms with van der Waals surface area (Å²) in [7, 11) is -2.89. The predicted molar refractivity (Wildman–Crippen MR) is 119 cm³/mol. The van der Waals surface area contributed by atoms with E-state index in [4.69, 9.17) is 4.74 Å². The van der Waals surface area contributed by atoms with Crippen LogP contribution in [0.1, 0.15) is 43.7 Å². The van der Waals surface area contributed by atoms with Gasteiger partial charge in [-0.2, -0.15) is 0 Å². The second-order valence-corrected chi connectivity index (χ2v) is 11.0. The highest BCUT2D eigenvalue weighted by Crippen LogP contribution is 2.56. The van der Waals surface area contributed by atoms with Crippen molar-refractivity contribution in [3.63, 3.8) is 0 Å². The fourth-order valence-corrected chi connectivity index (χ4v) is 7.58. The molecule has 5 rings (SSSR count). The first-order chi connectivity index (χ1) is 14.1. The van der Waals surface area contributed by atoms with Crippen LogP contribution in [0.3, 0.4) is 0 Å². The van der Waals surface area contributed by atoms with Crippen molar-refractivity contribution < 1.29 is 9.30 Å². The largest absolute Gasteiger partial charge is 0.456 e. The first kappa shape index (κ1) is 18.9. The summed E-state index contributed by atoms with van der Waals surface area (Å²) >= 11 is 0. The van der Waals surface area contributed by atoms with E-state index in [0.29, 0.717) is 17.4 Å². The molecule has 0 unspecified atom stereocenters. The summed E-state index contributed by atoms with van der Waals surface area (Å²) in [5.41, 5.74) is 1.90. The summed E-state index contributed by atoms with van der Waals surface area (Å²) < 4.78 is 20.3. The highest BCUT2D eigenvalue weighted by molar-refractivity contribution is 7.68. The van der Waals surface area contributed by atoms with Crippen molar-refractivity contribution in [2.45, 2.75) is 38.6 Å². The van der Waals surface area contributed by atoms with Gasteiger partial charge in [0.05, 0.1) is 0 Å². The SMILES string of the molecule is C[C@H](NP1(=O)C=C(c2ccccc2)OC(c2ccccc2)=C1)[C@H]1C[C@H]2CC[C@H]1C2. The van der Waals surface area contributed by atoms with E-state index in [0.717, 1.165) is 23.0 Å². The highest BCUT2D eigenvalue weighted by Gasteiger charge is 2.43. The molecular weight excluding hydrogens is 377 g/mol. The van der Waals surface area contributed by atoms with Crippen molar-refractivity contribution in [3.05, 3.63) is 83.4 Å². The van der Waals surface area contributed by atoms with Gasteiger partial charge in [-0.3, -0.25) is 9.65 Å². The Kier molecular flexibility index (Phi) is 4.97. The van der Waals surface area contributed by atoms with E-state index in [1.54, 1.807) is 0 Å². The summed E-state index contributed by atoms with van der Waals surface area (Å²) in [5, 5.41) is 3.54. The van der Waals surface area contributed by atoms with Gasteiger partial charge in [0.15, 0.2) is 7.29 Å². The molecule has 2 aliphatic carbocycles. The average molecular weight is 405 g/mol. The summed E-state index contributed by atoms with van der Waals surface area (Å²) in [6.07, 6.45) is 5.36. The molecule has 0 spiro atoms. The van der Waals surface area contributed by atoms with Crippen LogP contribution in [-0.4, -0.2) is 6.04 Å². The van der Waals surface area contributed by atoms with Crippen LogP contribution < -0.4 is 5.09 Å². The minimum Gasteiger partial charge on any atom is -0.456 e. The van der Waals surface area contributed by atoms with Crippen LogP contribution in [0, 0.1) is 17.8 Å². The van der Waals surface area contributed by atoms with Gasteiger partial charge in [0.2, 0.25) is 0 Å². The number of ether oxygens (including phenoxy) is 1. The Bertz CT molecular complexity index is 923. The van der Waals surface area contributed by atoms with Gasteiger partial charge in [-0.25, -0.2) is 0 Å². The quantitative estimate of drug-likeness (QED) is 0.562. The molecular formula is C25H28NO2P. The fourth-order valence-electron chi connectivity index (χ4n) is 5.42. The van der Waals surface area contributed by atoms with Gasteiger partial charge in [-0.1, -0.05) is 67.1 Å². The zero-order valence-corrected chi connectivity index (χ0v) is 17.7. The van der Waals surface area contributed by atoms with Gasteiger partial charge >= 0.3 is 0 Å². The normalized spacial score (nSPS) is 28.4. The lowest BCUT2D eigenvalue weighted by Crippen LogP contribution is -2.34. The maximum atomic E-state index is 14.0. The summed E-state index contributed by atoms with van der Waals surface area (Å²) in [5.74, 6) is 7.29. The molecule has 150 valence electrons. The van der Waals surface area contributed by atoms with Gasteiger partial charge in [0.25, 0.3) is 0 Å². The number of fused-ring (bicyclic) bond motifs is 2. The van der Waals surface area contributed by atoms with Crippen molar-refractivity contribution in [2.24, 2.45) is 17.8 Å². The predicted octanol–water partition coefficient (Wildman–Crippen LogP) is 6.71. The van der Waals surface area contributed by atoms with Crippen molar-refractivity contribution in [3.8, 4) is 0 Å². The van der Waals surface area contributed by atoms with Crippen LogP contribution in [-0.2, 0) is 9.30 Å². The summed E-state index contributed by atoms with van der Waals surface area (Å²) in [4.78, 5) is 0. The van der Waals surface area contributed by atoms with E-state index >= 15 is 0 Å². The number of rotatable bonds is 5. The van der Waals surface area contributed by atoms with Gasteiger partial charge in [-0.15, -0.1) is 0 Å². The average Bonchev–Trinajstić information content (AvgIpc) is 3.38. The van der Waals surface area contributed by atoms with E-state index in [-0.39, 0.29) is 6.04 Å². The molecule has 2 fully saturated rings. The molecule has 2 aromatic rings. The van der Waals surface area contributed by atoms with E-state index in [1.165, 1.54) is 25.7 Å². The molecule has 0 saturated heterocycles. The molecule has 2 bridgehead atoms. The minimum absolute atomic E-state index is 0.232. The van der Waals surface area contributed by atoms with E-state index < -0.39 is 7.29 Å². The van der Waals surface area contributed by atoms with E-state index in [9.17, 15) is 4.57 Å². The monoisotopic (exact) mass is 405 g/mol. The molecule has 2 saturated carbocycles. The first-order valence-corrected chi connectivity index (χ1v) is 12.6. The van der Waals surface area contributed by atoms with E-state index in [2.05, 4.69) is 12.0 Å². The van der Waals surface area contributed by atoms with Crippen LogP contribution in [0.5, 0.6) is 0 Å². The zero-order chi connectivity index (χ0) is 19.8. The van der Waals surface area contributed by atoms with Crippen LogP contribution >= 0.6 is 7.29 Å². The molecule has 1 N–H and O–H groups in total. The van der Waals surface area contributed by atoms with E-state index in [1.807, 2.05) is 72.3 Å². The molecule has 3 nitrogen and oxygen atoms in total. The molecule has 1 aliphatic heterocycles. The maximum absolute atomic E-state index is 14.0. The second kappa shape index (κ2) is 7.63. The minimum atomic E-state index is -2.89. The standard InChI is InChI=1S/C25H28NO2P/c1-18(23-15-19-12-13-22(23)14-19)26-29(27)16-24(20-8-4-2-5-9-20)28-25(17-29)21-10-6-3-7-11-21/h2-11,16-19,22-23H,12-15H2,1H3,(H,26,27)/t18-,19-,22-,23+/m0/s1. The molecule has 0 radical (unpaired) electrons. The number of hydrogen-bond donors (Lipinski definition) is 1. The molecule has 2 aromatic carbocycles. The van der Waals surface area contributed by atoms with Gasteiger partial charge in [-0.05, 0) is 43.9 Å². The van der Waals surface area contributed by atoms with Crippen LogP contribution in [0.25, 0.3) is 11.5 Å². The van der Waals surface area contributed by atoms with Crippen molar-refractivity contribution in [2.75, 3.05) is 0 Å². The molecule has 3 aliphatic rings. The van der Waals surface area contributed by atoms with Crippen LogP contribution in [0.2, 0.25) is 0 Å². The second-order valence-electron chi connectivity index (χ2n) is 8.79. The lowest BCUT2D eigenvalue weighted by Gasteiger charge is -2.32. The molecule has 29 heavy (non-hydrogen) atoms. The Morgan fingerprint density at radius 3 is 1.97 bits per heavy atom. The van der Waals surface area contributed by atoms with Crippen molar-refractivity contribution in [1.82, 2.24) is 5.09 Å². The Morgan fingerprint density at radius 1 is 0.897 bits per heavy atom. The Labute approximate surface area is 173 Å². The highest BCUT2D eigenvalue weighted by atomic mass is 31.2. The van der Waals surface area contributed by atoms with Crippen molar-refractivity contribution in [1.29, 1.82) is 0 Å². The number of benzene rings is 2. The first-order valence-electron chi connectivity index (χ1n) is 10.7. The van der Waals surface area contributed by atoms with Crippen LogP contribution in [0.15, 0.2) is 72.3 Å². The van der Waals surface area contributed by atoms with Gasteiger partial charge in [0, 0.05) is 28.8 Å². The molecule has 1 heterocycles. The fraction of sp³-hybridized carbons (Fsp3) is 0.360. The van der Waals surface area contributed by atoms with Crippen molar-refractivity contribution >= 4 is 18.8 Å². The third-order valence-corrected chi connectivity index (χ3v) is 8.84. The third kappa shape index (κ3) is 3.86. The van der Waals surface area contributed by atoms with Gasteiger partial charge < -0.3 is 4.74 Å². The summed E-state index contributed by atoms with van der Waals surface area (Å²) in [6.45, 7) is 2.21. The zero-order valence-electron chi connectivity index (χ0n) is 16.8. The summed E-state index contributed by atoms with van der Waals surface area (Å²) in [6, 6.07) is 20.1. The maximum Gasteiger partial charge on any atom is 0.198 e. The molecule has 4 atom stereocenters. The molecule has 0 amide bonds. The topological polar surface area (TPSA) is 38.3 Å². The Morgan fingerprint density at radius 2 is 1.48 bits per heavy atom. The third-order valence-electron chi connectivity index (χ3n) is 6.80. The Hall–Kier alpha value is -2.09. The Balaban J connectivity index is 1.47.